The molecule has 2 heterocycles. The first-order valence-electron chi connectivity index (χ1n) is 8.17. The highest BCUT2D eigenvalue weighted by Gasteiger charge is 2.31. The van der Waals surface area contributed by atoms with E-state index in [0.29, 0.717) is 23.2 Å². The predicted molar refractivity (Wildman–Crippen MR) is 98.2 cm³/mol. The molecule has 4 rings (SSSR count). The molecule has 0 fully saturated rings. The first kappa shape index (κ1) is 17.7. The van der Waals surface area contributed by atoms with Gasteiger partial charge in [-0.3, -0.25) is 4.40 Å². The lowest BCUT2D eigenvalue weighted by Gasteiger charge is -2.08. The second-order valence-electron chi connectivity index (χ2n) is 5.83. The Kier molecular flexibility index (Phi) is 4.65. The Morgan fingerprint density at radius 1 is 0.963 bits per heavy atom. The Morgan fingerprint density at radius 3 is 2.59 bits per heavy atom. The third kappa shape index (κ3) is 3.85. The van der Waals surface area contributed by atoms with Gasteiger partial charge in [-0.15, -0.1) is 10.2 Å². The molecular formula is C19H14F3N3OS. The normalized spacial score (nSPS) is 12.0. The largest absolute Gasteiger partial charge is 0.493 e. The summed E-state index contributed by atoms with van der Waals surface area (Å²) in [6, 6.07) is 16.1. The van der Waals surface area contributed by atoms with E-state index in [1.807, 2.05) is 42.5 Å². The molecule has 0 saturated carbocycles. The Bertz CT molecular complexity index is 1090. The number of ether oxygens (including phenoxy) is 1. The van der Waals surface area contributed by atoms with Crippen molar-refractivity contribution in [2.24, 2.45) is 0 Å². The molecule has 0 aliphatic carbocycles. The second-order valence-corrected chi connectivity index (χ2v) is 6.89. The molecule has 8 heteroatoms. The third-order valence-corrected chi connectivity index (χ3v) is 4.91. The molecule has 0 amide bonds. The summed E-state index contributed by atoms with van der Waals surface area (Å²) in [6.45, 7) is 0.400. The van der Waals surface area contributed by atoms with Gasteiger partial charge in [0.05, 0.1) is 12.2 Å². The van der Waals surface area contributed by atoms with Gasteiger partial charge in [-0.2, -0.15) is 13.2 Å². The predicted octanol–water partition coefficient (Wildman–Crippen LogP) is 5.07. The summed E-state index contributed by atoms with van der Waals surface area (Å²) < 4.78 is 45.7. The number of thioether (sulfide) groups is 1. The molecule has 2 aromatic carbocycles. The maximum Gasteiger partial charge on any atom is 0.417 e. The maximum atomic E-state index is 12.9. The minimum Gasteiger partial charge on any atom is -0.493 e. The minimum absolute atomic E-state index is 0.376. The van der Waals surface area contributed by atoms with Gasteiger partial charge in [-0.1, -0.05) is 42.1 Å². The van der Waals surface area contributed by atoms with E-state index < -0.39 is 11.7 Å². The van der Waals surface area contributed by atoms with E-state index >= 15 is 0 Å². The van der Waals surface area contributed by atoms with Crippen molar-refractivity contribution >= 4 is 28.2 Å². The maximum absolute atomic E-state index is 12.9. The average Bonchev–Trinajstić information content (AvgIpc) is 3.07. The number of halogens is 3. The third-order valence-electron chi connectivity index (χ3n) is 4.00. The Balaban J connectivity index is 1.41. The summed E-state index contributed by atoms with van der Waals surface area (Å²) >= 11 is 1.30. The van der Waals surface area contributed by atoms with Crippen LogP contribution < -0.4 is 4.74 Å². The number of nitrogens with zero attached hydrogens (tertiary/aromatic N) is 3. The van der Waals surface area contributed by atoms with Gasteiger partial charge in [0, 0.05) is 11.9 Å². The summed E-state index contributed by atoms with van der Waals surface area (Å²) in [6.07, 6.45) is -3.39. The lowest BCUT2D eigenvalue weighted by Crippen LogP contribution is -2.06. The molecule has 0 bridgehead atoms. The lowest BCUT2D eigenvalue weighted by molar-refractivity contribution is -0.137. The van der Waals surface area contributed by atoms with Crippen LogP contribution in [0.2, 0.25) is 0 Å². The molecule has 27 heavy (non-hydrogen) atoms. The highest BCUT2D eigenvalue weighted by molar-refractivity contribution is 7.99. The van der Waals surface area contributed by atoms with Crippen LogP contribution in [0.15, 0.2) is 66.0 Å². The monoisotopic (exact) mass is 389 g/mol. The van der Waals surface area contributed by atoms with Crippen LogP contribution in [0.1, 0.15) is 5.56 Å². The highest BCUT2D eigenvalue weighted by Crippen LogP contribution is 2.30. The van der Waals surface area contributed by atoms with Crippen LogP contribution in [-0.4, -0.2) is 27.0 Å². The fourth-order valence-corrected chi connectivity index (χ4v) is 3.42. The van der Waals surface area contributed by atoms with Crippen LogP contribution in [0, 0.1) is 0 Å². The molecule has 0 atom stereocenters. The molecule has 0 spiro atoms. The van der Waals surface area contributed by atoms with Crippen molar-refractivity contribution in [1.82, 2.24) is 14.6 Å². The molecule has 0 aliphatic rings. The van der Waals surface area contributed by atoms with E-state index in [9.17, 15) is 13.2 Å². The van der Waals surface area contributed by atoms with E-state index in [1.54, 1.807) is 0 Å². The summed E-state index contributed by atoms with van der Waals surface area (Å²) in [5.41, 5.74) is -0.356. The van der Waals surface area contributed by atoms with Crippen molar-refractivity contribution in [3.05, 3.63) is 66.4 Å². The zero-order valence-electron chi connectivity index (χ0n) is 14.0. The van der Waals surface area contributed by atoms with Crippen molar-refractivity contribution in [3.63, 3.8) is 0 Å². The van der Waals surface area contributed by atoms with Crippen LogP contribution in [0.3, 0.4) is 0 Å². The quantitative estimate of drug-likeness (QED) is 0.353. The van der Waals surface area contributed by atoms with Crippen LogP contribution in [0.25, 0.3) is 16.4 Å². The van der Waals surface area contributed by atoms with Crippen LogP contribution in [-0.2, 0) is 6.18 Å². The van der Waals surface area contributed by atoms with Gasteiger partial charge < -0.3 is 4.74 Å². The molecule has 0 unspecified atom stereocenters. The molecular weight excluding hydrogens is 375 g/mol. The zero-order chi connectivity index (χ0) is 18.9. The van der Waals surface area contributed by atoms with Crippen LogP contribution >= 0.6 is 11.8 Å². The van der Waals surface area contributed by atoms with Crippen LogP contribution in [0.5, 0.6) is 5.75 Å². The summed E-state index contributed by atoms with van der Waals surface area (Å²) in [5, 5.41) is 10.5. The van der Waals surface area contributed by atoms with E-state index in [1.165, 1.54) is 22.2 Å². The van der Waals surface area contributed by atoms with Gasteiger partial charge >= 0.3 is 6.18 Å². The molecule has 0 N–H and O–H groups in total. The molecule has 4 nitrogen and oxygen atoms in total. The molecule has 0 aliphatic heterocycles. The Morgan fingerprint density at radius 2 is 1.78 bits per heavy atom. The van der Waals surface area contributed by atoms with E-state index in [0.717, 1.165) is 28.8 Å². The standard InChI is InChI=1S/C19H14F3N3OS/c20-19(21,22)15-6-8-17-23-24-18(25(17)12-15)27-10-9-26-16-7-5-13-3-1-2-4-14(13)11-16/h1-8,11-12H,9-10H2. The van der Waals surface area contributed by atoms with Crippen LogP contribution in [0.4, 0.5) is 13.2 Å². The van der Waals surface area contributed by atoms with E-state index in [2.05, 4.69) is 10.2 Å². The number of hydrogen-bond acceptors (Lipinski definition) is 4. The van der Waals surface area contributed by atoms with E-state index in [4.69, 9.17) is 4.74 Å². The minimum atomic E-state index is -4.40. The Hall–Kier alpha value is -2.74. The summed E-state index contributed by atoms with van der Waals surface area (Å²) in [5.74, 6) is 1.28. The highest BCUT2D eigenvalue weighted by atomic mass is 32.2. The van der Waals surface area contributed by atoms with Gasteiger partial charge in [0.2, 0.25) is 0 Å². The van der Waals surface area contributed by atoms with Gasteiger partial charge in [0.15, 0.2) is 10.8 Å². The SMILES string of the molecule is FC(F)(F)c1ccc2nnc(SCCOc3ccc4ccccc4c3)n2c1. The zero-order valence-corrected chi connectivity index (χ0v) is 14.8. The lowest BCUT2D eigenvalue weighted by atomic mass is 10.1. The fourth-order valence-electron chi connectivity index (χ4n) is 2.69. The molecule has 138 valence electrons. The molecule has 0 saturated heterocycles. The number of pyridine rings is 1. The molecule has 0 radical (unpaired) electrons. The first-order valence-corrected chi connectivity index (χ1v) is 9.16. The second kappa shape index (κ2) is 7.11. The molecule has 2 aromatic heterocycles. The van der Waals surface area contributed by atoms with Crippen molar-refractivity contribution in [3.8, 4) is 5.75 Å². The van der Waals surface area contributed by atoms with Crippen molar-refractivity contribution in [2.45, 2.75) is 11.3 Å². The van der Waals surface area contributed by atoms with Gasteiger partial charge in [-0.25, -0.2) is 0 Å². The molecule has 4 aromatic rings. The summed E-state index contributed by atoms with van der Waals surface area (Å²) in [7, 11) is 0. The van der Waals surface area contributed by atoms with Gasteiger partial charge in [0.1, 0.15) is 5.75 Å². The number of fused-ring (bicyclic) bond motifs is 2. The number of alkyl halides is 3. The van der Waals surface area contributed by atoms with Gasteiger partial charge in [-0.05, 0) is 35.0 Å². The number of rotatable bonds is 5. The average molecular weight is 389 g/mol. The van der Waals surface area contributed by atoms with Crippen molar-refractivity contribution < 1.29 is 17.9 Å². The van der Waals surface area contributed by atoms with E-state index in [-0.39, 0.29) is 0 Å². The first-order chi connectivity index (χ1) is 13.0. The number of aromatic nitrogens is 3. The summed E-state index contributed by atoms with van der Waals surface area (Å²) in [4.78, 5) is 0. The van der Waals surface area contributed by atoms with Crippen molar-refractivity contribution in [2.75, 3.05) is 12.4 Å². The van der Waals surface area contributed by atoms with Gasteiger partial charge in [0.25, 0.3) is 0 Å². The number of benzene rings is 2. The number of hydrogen-bond donors (Lipinski definition) is 0. The van der Waals surface area contributed by atoms with Crippen molar-refractivity contribution in [1.29, 1.82) is 0 Å². The fraction of sp³-hybridized carbons (Fsp3) is 0.158. The Labute approximate surface area is 157 Å². The smallest absolute Gasteiger partial charge is 0.417 e. The topological polar surface area (TPSA) is 39.4 Å².